The van der Waals surface area contributed by atoms with Crippen LogP contribution >= 0.6 is 11.3 Å². The Morgan fingerprint density at radius 1 is 1.42 bits per heavy atom. The van der Waals surface area contributed by atoms with E-state index in [0.29, 0.717) is 16.3 Å². The van der Waals surface area contributed by atoms with Crippen molar-refractivity contribution in [1.82, 2.24) is 14.7 Å². The van der Waals surface area contributed by atoms with E-state index in [1.165, 1.54) is 23.5 Å². The van der Waals surface area contributed by atoms with Gasteiger partial charge in [0.25, 0.3) is 5.91 Å². The van der Waals surface area contributed by atoms with Gasteiger partial charge in [0.15, 0.2) is 4.96 Å². The molecule has 0 aliphatic heterocycles. The molecule has 1 unspecified atom stereocenters. The van der Waals surface area contributed by atoms with Gasteiger partial charge in [0.1, 0.15) is 10.7 Å². The van der Waals surface area contributed by atoms with Crippen LogP contribution in [-0.2, 0) is 0 Å². The third-order valence-corrected chi connectivity index (χ3v) is 5.11. The first-order chi connectivity index (χ1) is 11.5. The Balaban J connectivity index is 1.91. The monoisotopic (exact) mass is 347 g/mol. The molecule has 0 fully saturated rings. The topological polar surface area (TPSA) is 66.6 Å². The minimum atomic E-state index is -0.288. The summed E-state index contributed by atoms with van der Waals surface area (Å²) >= 11 is 1.30. The second-order valence-corrected chi connectivity index (χ2v) is 6.54. The summed E-state index contributed by atoms with van der Waals surface area (Å²) in [5.74, 6) is -0.489. The molecule has 7 heteroatoms. The molecule has 0 bridgehead atoms. The van der Waals surface area contributed by atoms with Crippen LogP contribution in [0.15, 0.2) is 30.5 Å². The van der Waals surface area contributed by atoms with Gasteiger partial charge in [0.2, 0.25) is 0 Å². The molecule has 1 amide bonds. The number of imidazole rings is 1. The lowest BCUT2D eigenvalue weighted by atomic mass is 10.2. The number of amides is 1. The van der Waals surface area contributed by atoms with Crippen LogP contribution in [0.25, 0.3) is 16.2 Å². The number of nitrogens with one attached hydrogen (secondary N) is 1. The number of nitrogens with zero attached hydrogens (tertiary/aromatic N) is 2. The number of hydrogen-bond acceptors (Lipinski definition) is 4. The molecular formula is C17H18FN3O2S. The highest BCUT2D eigenvalue weighted by molar-refractivity contribution is 7.19. The Labute approximate surface area is 142 Å². The van der Waals surface area contributed by atoms with Gasteiger partial charge < -0.3 is 10.4 Å². The van der Waals surface area contributed by atoms with Gasteiger partial charge in [-0.1, -0.05) is 18.3 Å². The van der Waals surface area contributed by atoms with Gasteiger partial charge in [-0.15, -0.1) is 0 Å². The number of thiazole rings is 1. The SMILES string of the molecule is CCC(CO)NC(=O)c1sc2nc(-c3ccc(F)cc3)cn2c1C. The van der Waals surface area contributed by atoms with Crippen molar-refractivity contribution in [2.24, 2.45) is 0 Å². The molecule has 2 heterocycles. The van der Waals surface area contributed by atoms with Crippen molar-refractivity contribution in [2.75, 3.05) is 6.61 Å². The minimum Gasteiger partial charge on any atom is -0.394 e. The molecule has 2 aromatic heterocycles. The Kier molecular flexibility index (Phi) is 4.64. The maximum atomic E-state index is 13.0. The van der Waals surface area contributed by atoms with Crippen molar-refractivity contribution in [2.45, 2.75) is 26.3 Å². The fraction of sp³-hybridized carbons (Fsp3) is 0.294. The Hall–Kier alpha value is -2.25. The van der Waals surface area contributed by atoms with E-state index in [9.17, 15) is 14.3 Å². The predicted molar refractivity (Wildman–Crippen MR) is 91.8 cm³/mol. The summed E-state index contributed by atoms with van der Waals surface area (Å²) in [5.41, 5.74) is 2.35. The molecule has 1 atom stereocenters. The van der Waals surface area contributed by atoms with Crippen LogP contribution in [0, 0.1) is 12.7 Å². The lowest BCUT2D eigenvalue weighted by Gasteiger charge is -2.13. The Morgan fingerprint density at radius 2 is 2.12 bits per heavy atom. The van der Waals surface area contributed by atoms with Gasteiger partial charge in [0.05, 0.1) is 18.3 Å². The van der Waals surface area contributed by atoms with Crippen molar-refractivity contribution in [3.8, 4) is 11.3 Å². The van der Waals surface area contributed by atoms with Crippen LogP contribution in [0.1, 0.15) is 28.7 Å². The molecule has 24 heavy (non-hydrogen) atoms. The second kappa shape index (κ2) is 6.70. The normalized spacial score (nSPS) is 12.5. The predicted octanol–water partition coefficient (Wildman–Crippen LogP) is 3.01. The van der Waals surface area contributed by atoms with Gasteiger partial charge in [-0.25, -0.2) is 9.37 Å². The zero-order valence-corrected chi connectivity index (χ0v) is 14.2. The third-order valence-electron chi connectivity index (χ3n) is 3.95. The summed E-state index contributed by atoms with van der Waals surface area (Å²) < 4.78 is 14.9. The number of aliphatic hydroxyl groups is 1. The van der Waals surface area contributed by atoms with Crippen molar-refractivity contribution in [3.05, 3.63) is 46.9 Å². The van der Waals surface area contributed by atoms with Crippen LogP contribution in [0.3, 0.4) is 0 Å². The van der Waals surface area contributed by atoms with Crippen LogP contribution in [0.4, 0.5) is 4.39 Å². The molecule has 2 N–H and O–H groups in total. The molecule has 1 aromatic carbocycles. The molecule has 0 aliphatic carbocycles. The maximum absolute atomic E-state index is 13.0. The smallest absolute Gasteiger partial charge is 0.263 e. The average Bonchev–Trinajstić information content (AvgIpc) is 3.13. The third kappa shape index (κ3) is 3.05. The van der Waals surface area contributed by atoms with Crippen LogP contribution < -0.4 is 5.32 Å². The second-order valence-electron chi connectivity index (χ2n) is 5.56. The van der Waals surface area contributed by atoms with Gasteiger partial charge in [-0.05, 0) is 37.6 Å². The van der Waals surface area contributed by atoms with Gasteiger partial charge in [-0.3, -0.25) is 9.20 Å². The largest absolute Gasteiger partial charge is 0.394 e. The van der Waals surface area contributed by atoms with E-state index in [2.05, 4.69) is 10.3 Å². The maximum Gasteiger partial charge on any atom is 0.263 e. The van der Waals surface area contributed by atoms with Gasteiger partial charge in [0, 0.05) is 17.5 Å². The summed E-state index contributed by atoms with van der Waals surface area (Å²) in [6.07, 6.45) is 2.51. The first-order valence-corrected chi connectivity index (χ1v) is 8.51. The summed E-state index contributed by atoms with van der Waals surface area (Å²) in [5, 5.41) is 12.0. The van der Waals surface area contributed by atoms with Crippen LogP contribution in [-0.4, -0.2) is 33.0 Å². The van der Waals surface area contributed by atoms with Crippen molar-refractivity contribution >= 4 is 22.2 Å². The zero-order valence-electron chi connectivity index (χ0n) is 13.4. The summed E-state index contributed by atoms with van der Waals surface area (Å²) in [6, 6.07) is 5.90. The van der Waals surface area contributed by atoms with Gasteiger partial charge in [-0.2, -0.15) is 0 Å². The number of hydrogen-bond donors (Lipinski definition) is 2. The van der Waals surface area contributed by atoms with E-state index in [1.807, 2.05) is 24.4 Å². The number of rotatable bonds is 5. The van der Waals surface area contributed by atoms with E-state index < -0.39 is 0 Å². The van der Waals surface area contributed by atoms with E-state index >= 15 is 0 Å². The molecule has 0 radical (unpaired) electrons. The summed E-state index contributed by atoms with van der Waals surface area (Å²) in [7, 11) is 0. The Bertz CT molecular complexity index is 866. The lowest BCUT2D eigenvalue weighted by Crippen LogP contribution is -2.36. The number of halogens is 1. The molecule has 0 saturated heterocycles. The van der Waals surface area contributed by atoms with E-state index in [4.69, 9.17) is 0 Å². The molecule has 126 valence electrons. The standard InChI is InChI=1S/C17H18FN3O2S/c1-3-13(9-22)19-16(23)15-10(2)21-8-14(20-17(21)24-15)11-4-6-12(18)7-5-11/h4-8,13,22H,3,9H2,1-2H3,(H,19,23). The van der Waals surface area contributed by atoms with E-state index in [0.717, 1.165) is 17.0 Å². The summed E-state index contributed by atoms with van der Waals surface area (Å²) in [4.78, 5) is 18.2. The van der Waals surface area contributed by atoms with E-state index in [-0.39, 0.29) is 24.4 Å². The molecule has 5 nitrogen and oxygen atoms in total. The van der Waals surface area contributed by atoms with E-state index in [1.54, 1.807) is 12.1 Å². The van der Waals surface area contributed by atoms with Crippen molar-refractivity contribution in [3.63, 3.8) is 0 Å². The molecule has 3 aromatic rings. The number of benzene rings is 1. The van der Waals surface area contributed by atoms with Crippen molar-refractivity contribution in [1.29, 1.82) is 0 Å². The highest BCUT2D eigenvalue weighted by Gasteiger charge is 2.19. The quantitative estimate of drug-likeness (QED) is 0.746. The lowest BCUT2D eigenvalue weighted by molar-refractivity contribution is 0.0918. The fourth-order valence-corrected chi connectivity index (χ4v) is 3.46. The molecule has 0 saturated carbocycles. The van der Waals surface area contributed by atoms with Crippen LogP contribution in [0.5, 0.6) is 0 Å². The number of carbonyl (C=O) groups excluding carboxylic acids is 1. The first kappa shape index (κ1) is 16.6. The molecule has 0 spiro atoms. The van der Waals surface area contributed by atoms with Gasteiger partial charge >= 0.3 is 0 Å². The van der Waals surface area contributed by atoms with Crippen LogP contribution in [0.2, 0.25) is 0 Å². The highest BCUT2D eigenvalue weighted by atomic mass is 32.1. The average molecular weight is 347 g/mol. The highest BCUT2D eigenvalue weighted by Crippen LogP contribution is 2.27. The zero-order chi connectivity index (χ0) is 17.3. The number of aryl methyl sites for hydroxylation is 1. The molecular weight excluding hydrogens is 329 g/mol. The summed E-state index contributed by atoms with van der Waals surface area (Å²) in [6.45, 7) is 3.68. The fourth-order valence-electron chi connectivity index (χ4n) is 2.45. The first-order valence-electron chi connectivity index (χ1n) is 7.69. The number of fused-ring (bicyclic) bond motifs is 1. The molecule has 0 aliphatic rings. The molecule has 3 rings (SSSR count). The van der Waals surface area contributed by atoms with Crippen molar-refractivity contribution < 1.29 is 14.3 Å². The number of aromatic nitrogens is 2. The number of carbonyl (C=O) groups is 1. The Morgan fingerprint density at radius 3 is 2.71 bits per heavy atom. The number of aliphatic hydroxyl groups excluding tert-OH is 1. The minimum absolute atomic E-state index is 0.0848.